The van der Waals surface area contributed by atoms with Gasteiger partial charge in [0.05, 0.1) is 15.1 Å². The maximum atomic E-state index is 6.09. The molecule has 0 aliphatic heterocycles. The van der Waals surface area contributed by atoms with E-state index in [0.29, 0.717) is 15.1 Å². The van der Waals surface area contributed by atoms with Crippen molar-refractivity contribution in [1.29, 1.82) is 0 Å². The third kappa shape index (κ3) is 1.70. The molecule has 0 amide bonds. The first kappa shape index (κ1) is 10.1. The van der Waals surface area contributed by atoms with E-state index in [4.69, 9.17) is 34.8 Å². The highest BCUT2D eigenvalue weighted by Gasteiger charge is 2.12. The van der Waals surface area contributed by atoms with E-state index < -0.39 is 0 Å². The molecule has 3 heteroatoms. The minimum absolute atomic E-state index is 0.429. The second-order valence-electron chi connectivity index (χ2n) is 3.05. The predicted molar refractivity (Wildman–Crippen MR) is 63.2 cm³/mol. The summed E-state index contributed by atoms with van der Waals surface area (Å²) in [4.78, 5) is 0. The molecular formula is C11H7Cl3. The van der Waals surface area contributed by atoms with Crippen molar-refractivity contribution in [3.05, 3.63) is 51.0 Å². The predicted octanol–water partition coefficient (Wildman–Crippen LogP) is 4.99. The van der Waals surface area contributed by atoms with Crippen molar-refractivity contribution in [1.82, 2.24) is 0 Å². The first-order valence-corrected chi connectivity index (χ1v) is 5.33. The van der Waals surface area contributed by atoms with Gasteiger partial charge in [-0.25, -0.2) is 0 Å². The number of halogens is 3. The number of rotatable bonds is 1. The molecule has 1 aromatic rings. The first-order chi connectivity index (χ1) is 6.70. The van der Waals surface area contributed by atoms with Crippen LogP contribution >= 0.6 is 34.8 Å². The molecule has 14 heavy (non-hydrogen) atoms. The Morgan fingerprint density at radius 3 is 2.43 bits per heavy atom. The van der Waals surface area contributed by atoms with Gasteiger partial charge in [-0.2, -0.15) is 0 Å². The molecule has 0 saturated heterocycles. The lowest BCUT2D eigenvalue weighted by Gasteiger charge is -2.07. The van der Waals surface area contributed by atoms with Crippen LogP contribution in [0.4, 0.5) is 0 Å². The van der Waals surface area contributed by atoms with E-state index >= 15 is 0 Å². The third-order valence-corrected chi connectivity index (χ3v) is 3.45. The molecule has 1 aromatic carbocycles. The van der Waals surface area contributed by atoms with Gasteiger partial charge in [0.1, 0.15) is 0 Å². The molecule has 0 unspecified atom stereocenters. The Balaban J connectivity index is 2.50. The zero-order valence-electron chi connectivity index (χ0n) is 7.23. The van der Waals surface area contributed by atoms with Gasteiger partial charge in [0.2, 0.25) is 0 Å². The van der Waals surface area contributed by atoms with Gasteiger partial charge in [-0.05, 0) is 23.6 Å². The summed E-state index contributed by atoms with van der Waals surface area (Å²) in [6.07, 6.45) is 7.02. The zero-order chi connectivity index (χ0) is 10.1. The van der Waals surface area contributed by atoms with Crippen molar-refractivity contribution >= 4 is 40.4 Å². The SMILES string of the molecule is Clc1ccc(C2=CC=CC2)c(Cl)c1Cl. The van der Waals surface area contributed by atoms with Crippen LogP contribution in [-0.2, 0) is 0 Å². The molecule has 0 bridgehead atoms. The summed E-state index contributed by atoms with van der Waals surface area (Å²) < 4.78 is 0. The van der Waals surface area contributed by atoms with Crippen LogP contribution in [0.1, 0.15) is 12.0 Å². The lowest BCUT2D eigenvalue weighted by atomic mass is 10.1. The molecule has 0 saturated carbocycles. The average molecular weight is 246 g/mol. The molecule has 0 nitrogen and oxygen atoms in total. The fraction of sp³-hybridized carbons (Fsp3) is 0.0909. The fourth-order valence-electron chi connectivity index (χ4n) is 1.42. The van der Waals surface area contributed by atoms with Gasteiger partial charge >= 0.3 is 0 Å². The number of allylic oxidation sites excluding steroid dienone is 4. The zero-order valence-corrected chi connectivity index (χ0v) is 9.50. The normalized spacial score (nSPS) is 14.6. The molecule has 1 aliphatic carbocycles. The number of benzene rings is 1. The summed E-state index contributed by atoms with van der Waals surface area (Å²) in [5.74, 6) is 0. The minimum atomic E-state index is 0.429. The molecule has 0 N–H and O–H groups in total. The summed E-state index contributed by atoms with van der Waals surface area (Å²) in [5, 5.41) is 1.46. The molecule has 1 aliphatic rings. The third-order valence-electron chi connectivity index (χ3n) is 2.15. The Bertz CT molecular complexity index is 430. The van der Waals surface area contributed by atoms with E-state index in [1.54, 1.807) is 6.07 Å². The van der Waals surface area contributed by atoms with Crippen LogP contribution < -0.4 is 0 Å². The first-order valence-electron chi connectivity index (χ1n) is 4.19. The van der Waals surface area contributed by atoms with E-state index in [9.17, 15) is 0 Å². The second kappa shape index (κ2) is 3.98. The highest BCUT2D eigenvalue weighted by molar-refractivity contribution is 6.48. The summed E-state index contributed by atoms with van der Waals surface area (Å²) in [5.41, 5.74) is 2.14. The Morgan fingerprint density at radius 2 is 1.79 bits per heavy atom. The lowest BCUT2D eigenvalue weighted by molar-refractivity contribution is 1.43. The van der Waals surface area contributed by atoms with Crippen LogP contribution in [0.15, 0.2) is 30.4 Å². The van der Waals surface area contributed by atoms with Crippen LogP contribution in [-0.4, -0.2) is 0 Å². The van der Waals surface area contributed by atoms with Crippen molar-refractivity contribution in [2.45, 2.75) is 6.42 Å². The molecular weight excluding hydrogens is 238 g/mol. The quantitative estimate of drug-likeness (QED) is 0.612. The Morgan fingerprint density at radius 1 is 1.00 bits per heavy atom. The van der Waals surface area contributed by atoms with Crippen LogP contribution in [0.3, 0.4) is 0 Å². The van der Waals surface area contributed by atoms with E-state index in [2.05, 4.69) is 6.08 Å². The highest BCUT2D eigenvalue weighted by Crippen LogP contribution is 2.37. The molecule has 0 heterocycles. The van der Waals surface area contributed by atoms with E-state index in [0.717, 1.165) is 12.0 Å². The molecule has 0 spiro atoms. The number of hydrogen-bond donors (Lipinski definition) is 0. The van der Waals surface area contributed by atoms with Crippen molar-refractivity contribution in [2.75, 3.05) is 0 Å². The standard InChI is InChI=1S/C11H7Cl3/c12-9-6-5-8(10(13)11(9)14)7-3-1-2-4-7/h1-3,5-6H,4H2. The van der Waals surface area contributed by atoms with E-state index in [-0.39, 0.29) is 0 Å². The van der Waals surface area contributed by atoms with Gasteiger partial charge in [0, 0.05) is 0 Å². The van der Waals surface area contributed by atoms with Crippen molar-refractivity contribution in [3.8, 4) is 0 Å². The maximum Gasteiger partial charge on any atom is 0.0784 e. The van der Waals surface area contributed by atoms with Crippen molar-refractivity contribution in [2.24, 2.45) is 0 Å². The molecule has 2 rings (SSSR count). The second-order valence-corrected chi connectivity index (χ2v) is 4.21. The van der Waals surface area contributed by atoms with Gasteiger partial charge in [0.15, 0.2) is 0 Å². The van der Waals surface area contributed by atoms with Crippen LogP contribution in [0.2, 0.25) is 15.1 Å². The van der Waals surface area contributed by atoms with Crippen molar-refractivity contribution < 1.29 is 0 Å². The smallest absolute Gasteiger partial charge is 0.0784 e. The average Bonchev–Trinajstić information content (AvgIpc) is 2.67. The maximum absolute atomic E-state index is 6.09. The van der Waals surface area contributed by atoms with Gasteiger partial charge in [0.25, 0.3) is 0 Å². The number of hydrogen-bond acceptors (Lipinski definition) is 0. The highest BCUT2D eigenvalue weighted by atomic mass is 35.5. The summed E-state index contributed by atoms with van der Waals surface area (Å²) in [7, 11) is 0. The monoisotopic (exact) mass is 244 g/mol. The fourth-order valence-corrected chi connectivity index (χ4v) is 2.08. The Labute approximate surface area is 97.8 Å². The lowest BCUT2D eigenvalue weighted by Crippen LogP contribution is -1.84. The minimum Gasteiger partial charge on any atom is -0.0827 e. The van der Waals surface area contributed by atoms with Crippen LogP contribution in [0, 0.1) is 0 Å². The largest absolute Gasteiger partial charge is 0.0827 e. The molecule has 72 valence electrons. The molecule has 0 aromatic heterocycles. The van der Waals surface area contributed by atoms with Crippen LogP contribution in [0.25, 0.3) is 5.57 Å². The summed E-state index contributed by atoms with van der Waals surface area (Å²) >= 11 is 17.9. The molecule has 0 radical (unpaired) electrons. The van der Waals surface area contributed by atoms with Gasteiger partial charge in [-0.3, -0.25) is 0 Å². The van der Waals surface area contributed by atoms with E-state index in [1.807, 2.05) is 18.2 Å². The van der Waals surface area contributed by atoms with Gasteiger partial charge in [-0.1, -0.05) is 59.1 Å². The van der Waals surface area contributed by atoms with Crippen LogP contribution in [0.5, 0.6) is 0 Å². The Hall–Kier alpha value is -0.430. The summed E-state index contributed by atoms with van der Waals surface area (Å²) in [6.45, 7) is 0. The molecule has 0 atom stereocenters. The Kier molecular flexibility index (Phi) is 2.87. The molecule has 0 fully saturated rings. The van der Waals surface area contributed by atoms with Gasteiger partial charge in [-0.15, -0.1) is 0 Å². The van der Waals surface area contributed by atoms with E-state index in [1.165, 1.54) is 5.57 Å². The summed E-state index contributed by atoms with van der Waals surface area (Å²) in [6, 6.07) is 3.67. The van der Waals surface area contributed by atoms with Crippen molar-refractivity contribution in [3.63, 3.8) is 0 Å². The van der Waals surface area contributed by atoms with Gasteiger partial charge < -0.3 is 0 Å². The topological polar surface area (TPSA) is 0 Å².